The van der Waals surface area contributed by atoms with Crippen LogP contribution in [0.1, 0.15) is 42.6 Å². The van der Waals surface area contributed by atoms with Crippen molar-refractivity contribution in [2.24, 2.45) is 5.92 Å². The molecule has 2 rings (SSSR count). The zero-order valence-electron chi connectivity index (χ0n) is 12.2. The van der Waals surface area contributed by atoms with Gasteiger partial charge in [-0.1, -0.05) is 30.7 Å². The van der Waals surface area contributed by atoms with Gasteiger partial charge in [0.05, 0.1) is 17.6 Å². The number of hydrogen-bond donors (Lipinski definition) is 2. The third-order valence-corrected chi connectivity index (χ3v) is 3.63. The van der Waals surface area contributed by atoms with Crippen LogP contribution in [0.3, 0.4) is 0 Å². The number of aliphatic carboxylic acids is 1. The number of H-pyrrole nitrogens is 1. The summed E-state index contributed by atoms with van der Waals surface area (Å²) in [6.07, 6.45) is 1.80. The minimum Gasteiger partial charge on any atom is -0.481 e. The molecule has 0 fully saturated rings. The van der Waals surface area contributed by atoms with Crippen LogP contribution in [0.4, 0.5) is 0 Å². The van der Waals surface area contributed by atoms with E-state index in [0.717, 1.165) is 12.0 Å². The van der Waals surface area contributed by atoms with E-state index in [9.17, 15) is 9.90 Å². The van der Waals surface area contributed by atoms with E-state index >= 15 is 0 Å². The van der Waals surface area contributed by atoms with Crippen molar-refractivity contribution in [2.45, 2.75) is 32.1 Å². The highest BCUT2D eigenvalue weighted by Gasteiger charge is 2.31. The molecule has 1 aromatic heterocycles. The number of carboxylic acid groups (broad SMARTS) is 1. The fraction of sp³-hybridized carbons (Fsp3) is 0.400. The normalized spacial score (nSPS) is 13.3. The average Bonchev–Trinajstić information content (AvgIpc) is 3.05. The topological polar surface area (TPSA) is 116 Å². The highest BCUT2D eigenvalue weighted by atomic mass is 16.4. The first kappa shape index (κ1) is 15.6. The molecule has 0 aliphatic heterocycles. The molecule has 7 nitrogen and oxygen atoms in total. The number of aromatic nitrogens is 4. The van der Waals surface area contributed by atoms with Crippen molar-refractivity contribution < 1.29 is 9.90 Å². The summed E-state index contributed by atoms with van der Waals surface area (Å²) in [5.74, 6) is -1.38. The van der Waals surface area contributed by atoms with Gasteiger partial charge in [-0.2, -0.15) is 10.5 Å². The largest absolute Gasteiger partial charge is 0.481 e. The predicted octanol–water partition coefficient (Wildman–Crippen LogP) is 1.90. The Kier molecular flexibility index (Phi) is 5.20. The number of nitrogens with one attached hydrogen (secondary N) is 1. The lowest BCUT2D eigenvalue weighted by Gasteiger charge is -2.21. The molecule has 22 heavy (non-hydrogen) atoms. The molecule has 0 bridgehead atoms. The van der Waals surface area contributed by atoms with E-state index in [1.807, 2.05) is 19.1 Å². The third kappa shape index (κ3) is 3.67. The summed E-state index contributed by atoms with van der Waals surface area (Å²) < 4.78 is 0. The highest BCUT2D eigenvalue weighted by Crippen LogP contribution is 2.29. The molecule has 0 unspecified atom stereocenters. The van der Waals surface area contributed by atoms with Crippen molar-refractivity contribution >= 4 is 5.97 Å². The molecule has 2 atom stereocenters. The Morgan fingerprint density at radius 3 is 2.64 bits per heavy atom. The summed E-state index contributed by atoms with van der Waals surface area (Å²) in [5, 5.41) is 32.2. The maximum Gasteiger partial charge on any atom is 0.307 e. The molecule has 0 spiro atoms. The predicted molar refractivity (Wildman–Crippen MR) is 77.8 cm³/mol. The molecule has 2 aromatic rings. The Morgan fingerprint density at radius 2 is 2.14 bits per heavy atom. The van der Waals surface area contributed by atoms with Crippen LogP contribution in [0.5, 0.6) is 0 Å². The summed E-state index contributed by atoms with van der Waals surface area (Å²) in [5.41, 5.74) is 1.51. The summed E-state index contributed by atoms with van der Waals surface area (Å²) in [4.78, 5) is 11.6. The first-order chi connectivity index (χ1) is 10.7. The van der Waals surface area contributed by atoms with Crippen LogP contribution < -0.4 is 0 Å². The summed E-state index contributed by atoms with van der Waals surface area (Å²) in [6.45, 7) is 1.95. The summed E-state index contributed by atoms with van der Waals surface area (Å²) in [7, 11) is 0. The van der Waals surface area contributed by atoms with Gasteiger partial charge in [0.1, 0.15) is 0 Å². The first-order valence-electron chi connectivity index (χ1n) is 7.10. The van der Waals surface area contributed by atoms with E-state index in [4.69, 9.17) is 5.26 Å². The van der Waals surface area contributed by atoms with E-state index < -0.39 is 11.9 Å². The molecule has 0 saturated heterocycles. The second kappa shape index (κ2) is 7.31. The monoisotopic (exact) mass is 299 g/mol. The Balaban J connectivity index is 2.28. The lowest BCUT2D eigenvalue weighted by atomic mass is 9.83. The minimum absolute atomic E-state index is 0.357. The van der Waals surface area contributed by atoms with Crippen molar-refractivity contribution in [3.05, 3.63) is 41.2 Å². The Morgan fingerprint density at radius 1 is 1.41 bits per heavy atom. The maximum atomic E-state index is 11.6. The molecule has 7 heteroatoms. The van der Waals surface area contributed by atoms with Gasteiger partial charge in [-0.25, -0.2) is 0 Å². The first-order valence-corrected chi connectivity index (χ1v) is 7.10. The zero-order valence-corrected chi connectivity index (χ0v) is 12.2. The number of carbonyl (C=O) groups is 1. The number of nitriles is 1. The number of carboxylic acids is 1. The van der Waals surface area contributed by atoms with Crippen LogP contribution in [0, 0.1) is 17.2 Å². The maximum absolute atomic E-state index is 11.6. The van der Waals surface area contributed by atoms with Gasteiger partial charge in [-0.15, -0.1) is 10.2 Å². The quantitative estimate of drug-likeness (QED) is 0.806. The van der Waals surface area contributed by atoms with Gasteiger partial charge in [-0.05, 0) is 30.5 Å². The molecule has 1 heterocycles. The number of tetrazole rings is 1. The molecule has 0 amide bonds. The van der Waals surface area contributed by atoms with E-state index in [1.54, 1.807) is 12.1 Å². The fourth-order valence-corrected chi connectivity index (χ4v) is 2.52. The SMILES string of the molecule is CCC[C@H](C(=O)O)[C@H](Cc1ccc(C#N)cc1)c1nn[nH]n1. The van der Waals surface area contributed by atoms with Crippen molar-refractivity contribution in [3.63, 3.8) is 0 Å². The average molecular weight is 299 g/mol. The lowest BCUT2D eigenvalue weighted by Crippen LogP contribution is -2.25. The zero-order chi connectivity index (χ0) is 15.9. The van der Waals surface area contributed by atoms with Gasteiger partial charge in [-0.3, -0.25) is 4.79 Å². The van der Waals surface area contributed by atoms with E-state index in [-0.39, 0.29) is 5.92 Å². The Labute approximate surface area is 128 Å². The number of hydrogen-bond acceptors (Lipinski definition) is 5. The van der Waals surface area contributed by atoms with Gasteiger partial charge >= 0.3 is 5.97 Å². The second-order valence-electron chi connectivity index (χ2n) is 5.12. The minimum atomic E-state index is -0.856. The second-order valence-corrected chi connectivity index (χ2v) is 5.12. The number of rotatable bonds is 7. The molecule has 0 aliphatic carbocycles. The van der Waals surface area contributed by atoms with Gasteiger partial charge in [0.25, 0.3) is 0 Å². The van der Waals surface area contributed by atoms with Crippen molar-refractivity contribution in [1.29, 1.82) is 5.26 Å². The molecule has 0 aliphatic rings. The van der Waals surface area contributed by atoms with Crippen LogP contribution in [0.15, 0.2) is 24.3 Å². The van der Waals surface area contributed by atoms with Gasteiger partial charge < -0.3 is 5.11 Å². The van der Waals surface area contributed by atoms with Gasteiger partial charge in [0.15, 0.2) is 5.82 Å². The van der Waals surface area contributed by atoms with Crippen LogP contribution in [0.2, 0.25) is 0 Å². The van der Waals surface area contributed by atoms with Crippen LogP contribution >= 0.6 is 0 Å². The van der Waals surface area contributed by atoms with E-state index in [1.165, 1.54) is 0 Å². The van der Waals surface area contributed by atoms with Gasteiger partial charge in [0, 0.05) is 5.92 Å². The molecule has 2 N–H and O–H groups in total. The smallest absolute Gasteiger partial charge is 0.307 e. The van der Waals surface area contributed by atoms with Gasteiger partial charge in [0.2, 0.25) is 0 Å². The van der Waals surface area contributed by atoms with Crippen LogP contribution in [-0.4, -0.2) is 31.7 Å². The summed E-state index contributed by atoms with van der Waals surface area (Å²) >= 11 is 0. The summed E-state index contributed by atoms with van der Waals surface area (Å²) in [6, 6.07) is 9.16. The number of aromatic amines is 1. The highest BCUT2D eigenvalue weighted by molar-refractivity contribution is 5.71. The molecule has 0 radical (unpaired) electrons. The molecule has 114 valence electrons. The fourth-order valence-electron chi connectivity index (χ4n) is 2.52. The Bertz CT molecular complexity index is 646. The van der Waals surface area contributed by atoms with Crippen LogP contribution in [0.25, 0.3) is 0 Å². The molecule has 1 aromatic carbocycles. The number of nitrogens with zero attached hydrogens (tertiary/aromatic N) is 4. The van der Waals surface area contributed by atoms with Crippen molar-refractivity contribution in [3.8, 4) is 6.07 Å². The standard InChI is InChI=1S/C15H17N5O2/c1-2-3-12(15(21)22)13(14-17-19-20-18-14)8-10-4-6-11(9-16)7-5-10/h4-7,12-13H,2-3,8H2,1H3,(H,21,22)(H,17,18,19,20)/t12-,13-/m0/s1. The molecule has 0 saturated carbocycles. The van der Waals surface area contributed by atoms with Crippen LogP contribution in [-0.2, 0) is 11.2 Å². The Hall–Kier alpha value is -2.75. The molecular weight excluding hydrogens is 282 g/mol. The van der Waals surface area contributed by atoms with Crippen molar-refractivity contribution in [2.75, 3.05) is 0 Å². The van der Waals surface area contributed by atoms with E-state index in [0.29, 0.717) is 24.2 Å². The number of benzene rings is 1. The lowest BCUT2D eigenvalue weighted by molar-refractivity contribution is -0.142. The van der Waals surface area contributed by atoms with E-state index in [2.05, 4.69) is 26.7 Å². The molecular formula is C15H17N5O2. The van der Waals surface area contributed by atoms with Crippen molar-refractivity contribution in [1.82, 2.24) is 20.6 Å². The third-order valence-electron chi connectivity index (χ3n) is 3.63.